The molecule has 0 fully saturated rings. The van der Waals surface area contributed by atoms with Crippen LogP contribution >= 0.6 is 0 Å². The van der Waals surface area contributed by atoms with Gasteiger partial charge in [0.1, 0.15) is 5.75 Å². The third-order valence-electron chi connectivity index (χ3n) is 4.82. The van der Waals surface area contributed by atoms with Crippen LogP contribution in [-0.2, 0) is 11.3 Å². The first-order valence-corrected chi connectivity index (χ1v) is 10.0. The summed E-state index contributed by atoms with van der Waals surface area (Å²) in [5, 5.41) is 7.83. The van der Waals surface area contributed by atoms with Crippen LogP contribution in [0.1, 0.15) is 15.9 Å². The molecule has 0 aliphatic carbocycles. The number of hydrogen-bond donors (Lipinski definition) is 2. The van der Waals surface area contributed by atoms with Gasteiger partial charge in [0.25, 0.3) is 11.8 Å². The summed E-state index contributed by atoms with van der Waals surface area (Å²) in [6.07, 6.45) is 0. The van der Waals surface area contributed by atoms with Gasteiger partial charge in [-0.25, -0.2) is 0 Å². The Kier molecular flexibility index (Phi) is 6.24. The van der Waals surface area contributed by atoms with E-state index in [1.54, 1.807) is 24.3 Å². The first kappa shape index (κ1) is 20.2. The second-order valence-corrected chi connectivity index (χ2v) is 7.09. The zero-order valence-corrected chi connectivity index (χ0v) is 16.9. The van der Waals surface area contributed by atoms with Crippen molar-refractivity contribution >= 4 is 28.3 Å². The van der Waals surface area contributed by atoms with Crippen LogP contribution in [0.3, 0.4) is 0 Å². The van der Waals surface area contributed by atoms with Crippen molar-refractivity contribution in [1.29, 1.82) is 0 Å². The number of amides is 2. The Morgan fingerprint density at radius 3 is 2.23 bits per heavy atom. The first-order valence-electron chi connectivity index (χ1n) is 10.0. The maximum absolute atomic E-state index is 12.3. The number of ether oxygens (including phenoxy) is 1. The van der Waals surface area contributed by atoms with E-state index in [1.165, 1.54) is 0 Å². The second-order valence-electron chi connectivity index (χ2n) is 7.09. The highest BCUT2D eigenvalue weighted by Crippen LogP contribution is 2.20. The highest BCUT2D eigenvalue weighted by molar-refractivity contribution is 5.96. The van der Waals surface area contributed by atoms with Gasteiger partial charge in [-0.1, -0.05) is 60.7 Å². The molecule has 0 saturated carbocycles. The molecule has 154 valence electrons. The SMILES string of the molecule is O=C(COc1ccc2ccccc2c1)Nc1ccc(C(=O)NCc2ccccc2)cc1. The van der Waals surface area contributed by atoms with Gasteiger partial charge < -0.3 is 15.4 Å². The zero-order chi connectivity index (χ0) is 21.5. The van der Waals surface area contributed by atoms with Crippen LogP contribution in [0.2, 0.25) is 0 Å². The van der Waals surface area contributed by atoms with Crippen LogP contribution in [0, 0.1) is 0 Å². The van der Waals surface area contributed by atoms with Crippen LogP contribution in [0.4, 0.5) is 5.69 Å². The molecule has 4 aromatic carbocycles. The Labute approximate surface area is 180 Å². The normalized spacial score (nSPS) is 10.5. The Morgan fingerprint density at radius 2 is 1.45 bits per heavy atom. The molecule has 0 aromatic heterocycles. The van der Waals surface area contributed by atoms with Gasteiger partial charge >= 0.3 is 0 Å². The predicted molar refractivity (Wildman–Crippen MR) is 122 cm³/mol. The topological polar surface area (TPSA) is 67.4 Å². The van der Waals surface area contributed by atoms with Gasteiger partial charge in [-0.05, 0) is 52.7 Å². The van der Waals surface area contributed by atoms with Crippen molar-refractivity contribution in [1.82, 2.24) is 5.32 Å². The molecular weight excluding hydrogens is 388 g/mol. The molecule has 31 heavy (non-hydrogen) atoms. The number of anilines is 1. The summed E-state index contributed by atoms with van der Waals surface area (Å²) < 4.78 is 5.61. The Hall–Kier alpha value is -4.12. The molecular formula is C26H22N2O3. The van der Waals surface area contributed by atoms with Crippen LogP contribution in [0.25, 0.3) is 10.8 Å². The predicted octanol–water partition coefficient (Wildman–Crippen LogP) is 4.79. The van der Waals surface area contributed by atoms with Crippen molar-refractivity contribution in [3.05, 3.63) is 108 Å². The molecule has 0 spiro atoms. The summed E-state index contributed by atoms with van der Waals surface area (Å²) in [7, 11) is 0. The van der Waals surface area contributed by atoms with Crippen molar-refractivity contribution < 1.29 is 14.3 Å². The average Bonchev–Trinajstić information content (AvgIpc) is 2.82. The van der Waals surface area contributed by atoms with E-state index >= 15 is 0 Å². The Balaban J connectivity index is 1.27. The summed E-state index contributed by atoms with van der Waals surface area (Å²) in [5.41, 5.74) is 2.17. The lowest BCUT2D eigenvalue weighted by atomic mass is 10.1. The van der Waals surface area contributed by atoms with Crippen LogP contribution < -0.4 is 15.4 Å². The lowest BCUT2D eigenvalue weighted by Crippen LogP contribution is -2.23. The quantitative estimate of drug-likeness (QED) is 0.460. The molecule has 0 unspecified atom stereocenters. The number of hydrogen-bond acceptors (Lipinski definition) is 3. The zero-order valence-electron chi connectivity index (χ0n) is 16.9. The van der Waals surface area contributed by atoms with Gasteiger partial charge in [0.2, 0.25) is 0 Å². The van der Waals surface area contributed by atoms with Crippen molar-refractivity contribution in [3.8, 4) is 5.75 Å². The Morgan fingerprint density at radius 1 is 0.742 bits per heavy atom. The van der Waals surface area contributed by atoms with Gasteiger partial charge in [-0.15, -0.1) is 0 Å². The van der Waals surface area contributed by atoms with Gasteiger partial charge in [0, 0.05) is 17.8 Å². The fourth-order valence-corrected chi connectivity index (χ4v) is 3.19. The molecule has 4 aromatic rings. The van der Waals surface area contributed by atoms with Crippen molar-refractivity contribution in [3.63, 3.8) is 0 Å². The van der Waals surface area contributed by atoms with Gasteiger partial charge in [0.15, 0.2) is 6.61 Å². The second kappa shape index (κ2) is 9.59. The third kappa shape index (κ3) is 5.48. The molecule has 5 heteroatoms. The fraction of sp³-hybridized carbons (Fsp3) is 0.0769. The smallest absolute Gasteiger partial charge is 0.262 e. The van der Waals surface area contributed by atoms with Crippen molar-refractivity contribution in [2.24, 2.45) is 0 Å². The van der Waals surface area contributed by atoms with Crippen molar-refractivity contribution in [2.75, 3.05) is 11.9 Å². The highest BCUT2D eigenvalue weighted by Gasteiger charge is 2.08. The summed E-state index contributed by atoms with van der Waals surface area (Å²) in [4.78, 5) is 24.5. The van der Waals surface area contributed by atoms with Crippen LogP contribution in [0.5, 0.6) is 5.75 Å². The molecule has 0 atom stereocenters. The number of fused-ring (bicyclic) bond motifs is 1. The largest absolute Gasteiger partial charge is 0.484 e. The molecule has 0 saturated heterocycles. The van der Waals surface area contributed by atoms with E-state index in [0.717, 1.165) is 16.3 Å². The lowest BCUT2D eigenvalue weighted by molar-refractivity contribution is -0.118. The van der Waals surface area contributed by atoms with Crippen LogP contribution in [-0.4, -0.2) is 18.4 Å². The summed E-state index contributed by atoms with van der Waals surface area (Å²) in [6.45, 7) is 0.363. The monoisotopic (exact) mass is 410 g/mol. The molecule has 0 radical (unpaired) electrons. The fourth-order valence-electron chi connectivity index (χ4n) is 3.19. The molecule has 5 nitrogen and oxygen atoms in total. The standard InChI is InChI=1S/C26H22N2O3/c29-25(18-31-24-15-12-20-8-4-5-9-22(20)16-24)28-23-13-10-21(11-14-23)26(30)27-17-19-6-2-1-3-7-19/h1-16H,17-18H2,(H,27,30)(H,28,29). The van der Waals surface area contributed by atoms with E-state index in [4.69, 9.17) is 4.74 Å². The maximum Gasteiger partial charge on any atom is 0.262 e. The van der Waals surface area contributed by atoms with E-state index < -0.39 is 0 Å². The summed E-state index contributed by atoms with van der Waals surface area (Å²) >= 11 is 0. The van der Waals surface area contributed by atoms with E-state index in [9.17, 15) is 9.59 Å². The molecule has 2 N–H and O–H groups in total. The van der Waals surface area contributed by atoms with E-state index in [1.807, 2.05) is 72.8 Å². The minimum absolute atomic E-state index is 0.0996. The summed E-state index contributed by atoms with van der Waals surface area (Å²) in [5.74, 6) is 0.204. The van der Waals surface area contributed by atoms with E-state index in [-0.39, 0.29) is 18.4 Å². The first-order chi connectivity index (χ1) is 15.2. The average molecular weight is 410 g/mol. The number of benzene rings is 4. The Bertz CT molecular complexity index is 1190. The minimum atomic E-state index is -0.269. The third-order valence-corrected chi connectivity index (χ3v) is 4.82. The maximum atomic E-state index is 12.3. The number of rotatable bonds is 7. The van der Waals surface area contributed by atoms with Gasteiger partial charge in [-0.3, -0.25) is 9.59 Å². The summed E-state index contributed by atoms with van der Waals surface area (Å²) in [6, 6.07) is 30.2. The molecule has 0 heterocycles. The number of nitrogens with one attached hydrogen (secondary N) is 2. The number of carbonyl (C=O) groups is 2. The molecule has 2 amide bonds. The molecule has 0 aliphatic rings. The van der Waals surface area contributed by atoms with Crippen molar-refractivity contribution in [2.45, 2.75) is 6.54 Å². The van der Waals surface area contributed by atoms with Gasteiger partial charge in [0.05, 0.1) is 0 Å². The molecule has 0 bridgehead atoms. The van der Waals surface area contributed by atoms with E-state index in [0.29, 0.717) is 23.5 Å². The van der Waals surface area contributed by atoms with E-state index in [2.05, 4.69) is 10.6 Å². The lowest BCUT2D eigenvalue weighted by Gasteiger charge is -2.09. The molecule has 4 rings (SSSR count). The van der Waals surface area contributed by atoms with Gasteiger partial charge in [-0.2, -0.15) is 0 Å². The minimum Gasteiger partial charge on any atom is -0.484 e. The highest BCUT2D eigenvalue weighted by atomic mass is 16.5. The molecule has 0 aliphatic heterocycles. The number of carbonyl (C=O) groups excluding carboxylic acids is 2. The van der Waals surface area contributed by atoms with Crippen LogP contribution in [0.15, 0.2) is 97.1 Å².